The molecule has 0 spiro atoms. The number of aromatic nitrogens is 2. The average Bonchev–Trinajstić information content (AvgIpc) is 3.16. The molecule has 2 aromatic rings. The predicted molar refractivity (Wildman–Crippen MR) is 94.6 cm³/mol. The maximum Gasteiger partial charge on any atom is 0.317 e. The topological polar surface area (TPSA) is 70.2 Å². The monoisotopic (exact) mass is 340 g/mol. The second kappa shape index (κ2) is 6.78. The van der Waals surface area contributed by atoms with E-state index >= 15 is 0 Å². The van der Waals surface area contributed by atoms with E-state index in [0.29, 0.717) is 5.92 Å². The Balaban J connectivity index is 1.38. The molecule has 6 nitrogen and oxygen atoms in total. The predicted octanol–water partition coefficient (Wildman–Crippen LogP) is 3.21. The number of ether oxygens (including phenoxy) is 1. The standard InChI is InChI=1S/C19H24N4O2/c1-13-10-16(15-4-2-3-5-18(15)25-13)22-19(24)23-8-6-14(7-9-23)17-11-20-12-21-17/h2-5,11-14,16H,6-10H2,1H3,(H,20,21)(H,22,24)/t13-,16-/m1/s1. The Morgan fingerprint density at radius 2 is 2.12 bits per heavy atom. The van der Waals surface area contributed by atoms with Crippen LogP contribution >= 0.6 is 0 Å². The van der Waals surface area contributed by atoms with Crippen molar-refractivity contribution in [3.8, 4) is 5.75 Å². The Labute approximate surface area is 147 Å². The maximum atomic E-state index is 12.7. The van der Waals surface area contributed by atoms with Crippen molar-refractivity contribution in [2.75, 3.05) is 13.1 Å². The molecule has 0 bridgehead atoms. The number of fused-ring (bicyclic) bond motifs is 1. The highest BCUT2D eigenvalue weighted by Gasteiger charge is 2.30. The Bertz CT molecular complexity index is 723. The van der Waals surface area contributed by atoms with Crippen molar-refractivity contribution in [2.24, 2.45) is 0 Å². The number of carbonyl (C=O) groups excluding carboxylic acids is 1. The molecule has 2 aliphatic heterocycles. The lowest BCUT2D eigenvalue weighted by atomic mass is 9.94. The highest BCUT2D eigenvalue weighted by molar-refractivity contribution is 5.75. The van der Waals surface area contributed by atoms with Crippen LogP contribution in [-0.4, -0.2) is 40.1 Å². The number of H-pyrrole nitrogens is 1. The third kappa shape index (κ3) is 3.34. The van der Waals surface area contributed by atoms with Crippen molar-refractivity contribution in [3.63, 3.8) is 0 Å². The summed E-state index contributed by atoms with van der Waals surface area (Å²) in [5, 5.41) is 3.21. The van der Waals surface area contributed by atoms with Crippen LogP contribution in [0.5, 0.6) is 5.75 Å². The van der Waals surface area contributed by atoms with Crippen LogP contribution in [0, 0.1) is 0 Å². The molecule has 4 rings (SSSR count). The van der Waals surface area contributed by atoms with E-state index in [1.165, 1.54) is 5.69 Å². The third-order valence-electron chi connectivity index (χ3n) is 5.23. The van der Waals surface area contributed by atoms with Crippen LogP contribution in [0.4, 0.5) is 4.79 Å². The van der Waals surface area contributed by atoms with Gasteiger partial charge in [0.15, 0.2) is 0 Å². The summed E-state index contributed by atoms with van der Waals surface area (Å²) in [6.45, 7) is 3.59. The normalized spacial score (nSPS) is 23.6. The Hall–Kier alpha value is -2.50. The van der Waals surface area contributed by atoms with Gasteiger partial charge in [0.1, 0.15) is 5.75 Å². The fourth-order valence-electron chi connectivity index (χ4n) is 3.86. The molecule has 2 amide bonds. The minimum absolute atomic E-state index is 0.0118. The smallest absolute Gasteiger partial charge is 0.317 e. The number of hydrogen-bond acceptors (Lipinski definition) is 3. The van der Waals surface area contributed by atoms with Crippen molar-refractivity contribution < 1.29 is 9.53 Å². The van der Waals surface area contributed by atoms with Crippen LogP contribution in [0.3, 0.4) is 0 Å². The minimum Gasteiger partial charge on any atom is -0.490 e. The first-order chi connectivity index (χ1) is 12.2. The fraction of sp³-hybridized carbons (Fsp3) is 0.474. The van der Waals surface area contributed by atoms with Gasteiger partial charge in [-0.25, -0.2) is 9.78 Å². The van der Waals surface area contributed by atoms with E-state index in [1.807, 2.05) is 42.3 Å². The quantitative estimate of drug-likeness (QED) is 0.882. The Morgan fingerprint density at radius 3 is 2.88 bits per heavy atom. The number of likely N-dealkylation sites (tertiary alicyclic amines) is 1. The van der Waals surface area contributed by atoms with Gasteiger partial charge in [-0.15, -0.1) is 0 Å². The number of hydrogen-bond donors (Lipinski definition) is 2. The molecular weight excluding hydrogens is 316 g/mol. The van der Waals surface area contributed by atoms with Crippen LogP contribution < -0.4 is 10.1 Å². The number of piperidine rings is 1. The maximum absolute atomic E-state index is 12.7. The molecule has 2 atom stereocenters. The van der Waals surface area contributed by atoms with E-state index in [2.05, 4.69) is 15.3 Å². The van der Waals surface area contributed by atoms with Crippen molar-refractivity contribution in [1.29, 1.82) is 0 Å². The molecule has 1 aromatic heterocycles. The molecular formula is C19H24N4O2. The summed E-state index contributed by atoms with van der Waals surface area (Å²) in [5.41, 5.74) is 2.24. The zero-order valence-corrected chi connectivity index (χ0v) is 14.4. The SMILES string of the molecule is C[C@@H]1C[C@@H](NC(=O)N2CCC(c3cnc[nH]3)CC2)c2ccccc2O1. The van der Waals surface area contributed by atoms with E-state index in [1.54, 1.807) is 6.33 Å². The third-order valence-corrected chi connectivity index (χ3v) is 5.23. The number of carbonyl (C=O) groups is 1. The van der Waals surface area contributed by atoms with Gasteiger partial charge in [-0.05, 0) is 25.8 Å². The molecule has 2 N–H and O–H groups in total. The van der Waals surface area contributed by atoms with Crippen LogP contribution in [0.2, 0.25) is 0 Å². The summed E-state index contributed by atoms with van der Waals surface area (Å²) < 4.78 is 5.87. The minimum atomic E-state index is 0.0118. The lowest BCUT2D eigenvalue weighted by Gasteiger charge is -2.35. The first kappa shape index (κ1) is 16.0. The zero-order chi connectivity index (χ0) is 17.2. The number of nitrogens with zero attached hydrogens (tertiary/aromatic N) is 2. The molecule has 0 unspecified atom stereocenters. The largest absolute Gasteiger partial charge is 0.490 e. The molecule has 0 radical (unpaired) electrons. The average molecular weight is 340 g/mol. The van der Waals surface area contributed by atoms with Gasteiger partial charge in [0.05, 0.1) is 18.5 Å². The summed E-state index contributed by atoms with van der Waals surface area (Å²) in [5.74, 6) is 1.35. The zero-order valence-electron chi connectivity index (χ0n) is 14.4. The number of amides is 2. The number of urea groups is 1. The molecule has 0 saturated carbocycles. The summed E-state index contributed by atoms with van der Waals surface area (Å²) in [4.78, 5) is 21.9. The number of rotatable bonds is 2. The molecule has 1 saturated heterocycles. The van der Waals surface area contributed by atoms with E-state index in [9.17, 15) is 4.79 Å². The first-order valence-electron chi connectivity index (χ1n) is 9.00. The van der Waals surface area contributed by atoms with E-state index < -0.39 is 0 Å². The molecule has 132 valence electrons. The van der Waals surface area contributed by atoms with E-state index in [-0.39, 0.29) is 18.2 Å². The van der Waals surface area contributed by atoms with Gasteiger partial charge in [-0.3, -0.25) is 0 Å². The van der Waals surface area contributed by atoms with Crippen molar-refractivity contribution in [2.45, 2.75) is 44.2 Å². The van der Waals surface area contributed by atoms with Gasteiger partial charge in [0.25, 0.3) is 0 Å². The number of benzene rings is 1. The van der Waals surface area contributed by atoms with Gasteiger partial charge < -0.3 is 19.9 Å². The van der Waals surface area contributed by atoms with Gasteiger partial charge >= 0.3 is 6.03 Å². The number of nitrogens with one attached hydrogen (secondary N) is 2. The second-order valence-electron chi connectivity index (χ2n) is 6.97. The molecule has 0 aliphatic carbocycles. The Morgan fingerprint density at radius 1 is 1.32 bits per heavy atom. The fourth-order valence-corrected chi connectivity index (χ4v) is 3.86. The van der Waals surface area contributed by atoms with Crippen molar-refractivity contribution in [1.82, 2.24) is 20.2 Å². The summed E-state index contributed by atoms with van der Waals surface area (Å²) in [6.07, 6.45) is 6.45. The number of aromatic amines is 1. The van der Waals surface area contributed by atoms with Crippen LogP contribution in [-0.2, 0) is 0 Å². The molecule has 1 aromatic carbocycles. The van der Waals surface area contributed by atoms with Gasteiger partial charge in [0, 0.05) is 42.9 Å². The van der Waals surface area contributed by atoms with Crippen molar-refractivity contribution >= 4 is 6.03 Å². The highest BCUT2D eigenvalue weighted by atomic mass is 16.5. The summed E-state index contributed by atoms with van der Waals surface area (Å²) in [6, 6.07) is 8.01. The van der Waals surface area contributed by atoms with E-state index in [4.69, 9.17) is 4.74 Å². The molecule has 3 heterocycles. The second-order valence-corrected chi connectivity index (χ2v) is 6.97. The molecule has 1 fully saturated rings. The van der Waals surface area contributed by atoms with Crippen LogP contribution in [0.15, 0.2) is 36.8 Å². The van der Waals surface area contributed by atoms with Gasteiger partial charge in [-0.1, -0.05) is 18.2 Å². The molecule has 25 heavy (non-hydrogen) atoms. The first-order valence-corrected chi connectivity index (χ1v) is 9.00. The molecule has 6 heteroatoms. The highest BCUT2D eigenvalue weighted by Crippen LogP contribution is 2.34. The summed E-state index contributed by atoms with van der Waals surface area (Å²) in [7, 11) is 0. The lowest BCUT2D eigenvalue weighted by Crippen LogP contribution is -2.46. The van der Waals surface area contributed by atoms with Crippen molar-refractivity contribution in [3.05, 3.63) is 48.0 Å². The number of imidazole rings is 1. The van der Waals surface area contributed by atoms with Gasteiger partial charge in [-0.2, -0.15) is 0 Å². The van der Waals surface area contributed by atoms with E-state index in [0.717, 1.165) is 43.7 Å². The lowest BCUT2D eigenvalue weighted by molar-refractivity contribution is 0.151. The number of para-hydroxylation sites is 1. The summed E-state index contributed by atoms with van der Waals surface area (Å²) >= 11 is 0. The van der Waals surface area contributed by atoms with Crippen LogP contribution in [0.1, 0.15) is 49.4 Å². The molecule has 2 aliphatic rings. The van der Waals surface area contributed by atoms with Gasteiger partial charge in [0.2, 0.25) is 0 Å². The Kier molecular flexibility index (Phi) is 4.34. The van der Waals surface area contributed by atoms with Crippen LogP contribution in [0.25, 0.3) is 0 Å².